The summed E-state index contributed by atoms with van der Waals surface area (Å²) in [5.74, 6) is 0. The summed E-state index contributed by atoms with van der Waals surface area (Å²) in [7, 11) is 0. The summed E-state index contributed by atoms with van der Waals surface area (Å²) in [6, 6.07) is 0. The van der Waals surface area contributed by atoms with Crippen molar-refractivity contribution < 1.29 is 1.43 Å². The van der Waals surface area contributed by atoms with E-state index in [0.29, 0.717) is 23.8 Å². The van der Waals surface area contributed by atoms with Gasteiger partial charge in [-0.25, -0.2) is 0 Å². The van der Waals surface area contributed by atoms with Crippen LogP contribution in [0.25, 0.3) is 0 Å². The van der Waals surface area contributed by atoms with Crippen LogP contribution in [0.15, 0.2) is 0 Å². The SMILES string of the molecule is CC[C](C)(C)[Al][C](C)(C)CC.[HH]. The third-order valence-electron chi connectivity index (χ3n) is 2.60. The molecule has 0 bridgehead atoms. The van der Waals surface area contributed by atoms with Crippen molar-refractivity contribution in [3.05, 3.63) is 0 Å². The predicted molar refractivity (Wildman–Crippen MR) is 56.5 cm³/mol. The molecule has 0 fully saturated rings. The fourth-order valence-corrected chi connectivity index (χ4v) is 3.79. The Morgan fingerprint density at radius 2 is 1.18 bits per heavy atom. The zero-order valence-corrected chi connectivity index (χ0v) is 10.1. The van der Waals surface area contributed by atoms with Crippen LogP contribution in [0.5, 0.6) is 0 Å². The first-order chi connectivity index (χ1) is 4.83. The zero-order valence-electron chi connectivity index (χ0n) is 8.99. The normalized spacial score (nSPS) is 13.3. The minimum atomic E-state index is 0. The molecule has 67 valence electrons. The highest BCUT2D eigenvalue weighted by Gasteiger charge is 2.27. The Hall–Kier alpha value is 0.532. The van der Waals surface area contributed by atoms with Gasteiger partial charge in [0.05, 0.1) is 0 Å². The molecule has 0 rings (SSSR count). The molecule has 1 heteroatoms. The molecule has 0 spiro atoms. The van der Waals surface area contributed by atoms with Crippen LogP contribution in [-0.4, -0.2) is 15.2 Å². The molecule has 1 radical (unpaired) electrons. The van der Waals surface area contributed by atoms with Crippen LogP contribution >= 0.6 is 0 Å². The molecule has 0 heterocycles. The molecule has 0 N–H and O–H groups in total. The van der Waals surface area contributed by atoms with E-state index < -0.39 is 0 Å². The fourth-order valence-electron chi connectivity index (χ4n) is 1.26. The maximum Gasteiger partial charge on any atom is 0.219 e. The van der Waals surface area contributed by atoms with Gasteiger partial charge in [0.25, 0.3) is 0 Å². The first kappa shape index (κ1) is 11.5. The van der Waals surface area contributed by atoms with Crippen molar-refractivity contribution >= 4 is 15.2 Å². The van der Waals surface area contributed by atoms with Crippen molar-refractivity contribution in [1.29, 1.82) is 0 Å². The predicted octanol–water partition coefficient (Wildman–Crippen LogP) is 4.15. The summed E-state index contributed by atoms with van der Waals surface area (Å²) >= 11 is 0.576. The Labute approximate surface area is 80.0 Å². The van der Waals surface area contributed by atoms with Crippen LogP contribution < -0.4 is 0 Å². The molecule has 0 aromatic rings. The molecule has 0 aliphatic heterocycles. The van der Waals surface area contributed by atoms with E-state index in [1.54, 1.807) is 0 Å². The summed E-state index contributed by atoms with van der Waals surface area (Å²) in [6.45, 7) is 14.2. The van der Waals surface area contributed by atoms with E-state index in [0.717, 1.165) is 0 Å². The van der Waals surface area contributed by atoms with Gasteiger partial charge < -0.3 is 0 Å². The van der Waals surface area contributed by atoms with E-state index in [-0.39, 0.29) is 1.43 Å². The Bertz CT molecular complexity index is 105. The lowest BCUT2D eigenvalue weighted by atomic mass is 10.1. The van der Waals surface area contributed by atoms with Crippen molar-refractivity contribution in [3.8, 4) is 0 Å². The molecule has 0 aromatic carbocycles. The van der Waals surface area contributed by atoms with Crippen molar-refractivity contribution in [3.63, 3.8) is 0 Å². The average molecular weight is 171 g/mol. The largest absolute Gasteiger partial charge is 0.219 e. The summed E-state index contributed by atoms with van der Waals surface area (Å²) in [5, 5.41) is 0. The van der Waals surface area contributed by atoms with Crippen LogP contribution in [0, 0.1) is 0 Å². The van der Waals surface area contributed by atoms with Gasteiger partial charge in [0, 0.05) is 1.43 Å². The summed E-state index contributed by atoms with van der Waals surface area (Å²) in [6.07, 6.45) is 2.65. The van der Waals surface area contributed by atoms with Crippen LogP contribution in [-0.2, 0) is 0 Å². The van der Waals surface area contributed by atoms with Crippen LogP contribution in [0.4, 0.5) is 0 Å². The minimum Gasteiger partial charge on any atom is -0.0876 e. The average Bonchev–Trinajstić information content (AvgIpc) is 1.86. The molecular formula is C10H24Al. The smallest absolute Gasteiger partial charge is 0.0876 e. The van der Waals surface area contributed by atoms with Gasteiger partial charge in [0.15, 0.2) is 0 Å². The summed E-state index contributed by atoms with van der Waals surface area (Å²) in [5.41, 5.74) is 0. The molecular weight excluding hydrogens is 147 g/mol. The lowest BCUT2D eigenvalue weighted by Gasteiger charge is -2.32. The highest BCUT2D eigenvalue weighted by molar-refractivity contribution is 6.43. The van der Waals surface area contributed by atoms with Crippen molar-refractivity contribution in [2.75, 3.05) is 0 Å². The van der Waals surface area contributed by atoms with Gasteiger partial charge >= 0.3 is 0 Å². The number of hydrogen-bond acceptors (Lipinski definition) is 0. The number of hydrogen-bond donors (Lipinski definition) is 0. The van der Waals surface area contributed by atoms with Crippen LogP contribution in [0.1, 0.15) is 55.8 Å². The van der Waals surface area contributed by atoms with Crippen LogP contribution in [0.2, 0.25) is 8.55 Å². The van der Waals surface area contributed by atoms with Gasteiger partial charge in [-0.3, -0.25) is 0 Å². The summed E-state index contributed by atoms with van der Waals surface area (Å²) < 4.78 is 1.22. The molecule has 0 saturated heterocycles. The lowest BCUT2D eigenvalue weighted by molar-refractivity contribution is 0.570. The standard InChI is InChI=1S/2C5H11.Al.H2/c2*1-4-5(2)3;;/h2*4H2,1-3H3;;1H. The van der Waals surface area contributed by atoms with E-state index in [2.05, 4.69) is 41.5 Å². The van der Waals surface area contributed by atoms with E-state index in [1.807, 2.05) is 0 Å². The highest BCUT2D eigenvalue weighted by atomic mass is 27.1. The van der Waals surface area contributed by atoms with E-state index in [1.165, 1.54) is 12.8 Å². The van der Waals surface area contributed by atoms with Crippen LogP contribution in [0.3, 0.4) is 0 Å². The second-order valence-corrected chi connectivity index (χ2v) is 8.24. The molecule has 0 atom stereocenters. The van der Waals surface area contributed by atoms with Gasteiger partial charge in [0.2, 0.25) is 15.2 Å². The molecule has 0 unspecified atom stereocenters. The van der Waals surface area contributed by atoms with Crippen molar-refractivity contribution in [2.45, 2.75) is 62.9 Å². The maximum absolute atomic E-state index is 2.40. The Morgan fingerprint density at radius 3 is 1.36 bits per heavy atom. The lowest BCUT2D eigenvalue weighted by Crippen LogP contribution is -2.22. The monoisotopic (exact) mass is 171 g/mol. The van der Waals surface area contributed by atoms with Gasteiger partial charge in [-0.15, -0.1) is 0 Å². The molecule has 0 aliphatic rings. The molecule has 0 amide bonds. The third-order valence-corrected chi connectivity index (χ3v) is 4.98. The Morgan fingerprint density at radius 1 is 0.909 bits per heavy atom. The Balaban J connectivity index is 0. The van der Waals surface area contributed by atoms with E-state index in [4.69, 9.17) is 0 Å². The maximum atomic E-state index is 2.40. The second-order valence-electron chi connectivity index (χ2n) is 4.83. The first-order valence-electron chi connectivity index (χ1n) is 4.70. The molecule has 0 aromatic heterocycles. The van der Waals surface area contributed by atoms with Crippen molar-refractivity contribution in [1.82, 2.24) is 0 Å². The van der Waals surface area contributed by atoms with Gasteiger partial charge in [0.1, 0.15) is 0 Å². The quantitative estimate of drug-likeness (QED) is 0.557. The minimum absolute atomic E-state index is 0. The van der Waals surface area contributed by atoms with E-state index in [9.17, 15) is 0 Å². The molecule has 0 nitrogen and oxygen atoms in total. The number of rotatable bonds is 4. The topological polar surface area (TPSA) is 0 Å². The highest BCUT2D eigenvalue weighted by Crippen LogP contribution is 2.39. The van der Waals surface area contributed by atoms with Gasteiger partial charge in [-0.05, 0) is 0 Å². The second kappa shape index (κ2) is 3.97. The molecule has 0 saturated carbocycles. The fraction of sp³-hybridized carbons (Fsp3) is 1.00. The van der Waals surface area contributed by atoms with Gasteiger partial charge in [-0.2, -0.15) is 0 Å². The first-order valence-corrected chi connectivity index (χ1v) is 5.85. The molecule has 0 aliphatic carbocycles. The summed E-state index contributed by atoms with van der Waals surface area (Å²) in [4.78, 5) is 0. The molecule has 11 heavy (non-hydrogen) atoms. The van der Waals surface area contributed by atoms with E-state index >= 15 is 0 Å². The third kappa shape index (κ3) is 4.88. The van der Waals surface area contributed by atoms with Crippen molar-refractivity contribution in [2.24, 2.45) is 0 Å². The van der Waals surface area contributed by atoms with Gasteiger partial charge in [-0.1, -0.05) is 62.9 Å². The zero-order chi connectivity index (χ0) is 9.12. The Kier molecular flexibility index (Phi) is 4.16.